The van der Waals surface area contributed by atoms with Gasteiger partial charge in [0.15, 0.2) is 0 Å². The van der Waals surface area contributed by atoms with E-state index in [1.54, 1.807) is 0 Å². The molecule has 206 valence electrons. The number of aryl methyl sites for hydroxylation is 2. The van der Waals surface area contributed by atoms with Crippen molar-refractivity contribution in [3.63, 3.8) is 0 Å². The lowest BCUT2D eigenvalue weighted by atomic mass is 9.85. The van der Waals surface area contributed by atoms with Gasteiger partial charge in [0.1, 0.15) is 24.7 Å². The smallest absolute Gasteiger partial charge is 0.122 e. The minimum absolute atomic E-state index is 0.0683. The highest BCUT2D eigenvalue weighted by Gasteiger charge is 2.20. The molecule has 0 saturated carbocycles. The molecule has 5 heteroatoms. The molecule has 0 aromatic heterocycles. The van der Waals surface area contributed by atoms with Gasteiger partial charge in [-0.05, 0) is 77.3 Å². The fourth-order valence-electron chi connectivity index (χ4n) is 4.55. The predicted octanol–water partition coefficient (Wildman–Crippen LogP) is 6.40. The van der Waals surface area contributed by atoms with E-state index in [1.165, 1.54) is 22.3 Å². The van der Waals surface area contributed by atoms with Crippen molar-refractivity contribution in [2.45, 2.75) is 90.6 Å². The van der Waals surface area contributed by atoms with Crippen molar-refractivity contribution in [2.24, 2.45) is 0 Å². The Bertz CT molecular complexity index is 897. The van der Waals surface area contributed by atoms with Crippen LogP contribution in [0.1, 0.15) is 83.1 Å². The molecule has 0 radical (unpaired) electrons. The summed E-state index contributed by atoms with van der Waals surface area (Å²) in [4.78, 5) is 0. The van der Waals surface area contributed by atoms with E-state index in [2.05, 4.69) is 77.9 Å². The lowest BCUT2D eigenvalue weighted by Gasteiger charge is -2.24. The van der Waals surface area contributed by atoms with Crippen molar-refractivity contribution in [1.29, 1.82) is 0 Å². The van der Waals surface area contributed by atoms with Crippen LogP contribution in [0.15, 0.2) is 36.4 Å². The molecule has 1 aliphatic heterocycles. The number of rotatable bonds is 4. The summed E-state index contributed by atoms with van der Waals surface area (Å²) in [6.07, 6.45) is 4.25. The van der Waals surface area contributed by atoms with Gasteiger partial charge in [-0.25, -0.2) is 0 Å². The third-order valence-electron chi connectivity index (χ3n) is 6.95. The maximum absolute atomic E-state index is 9.30. The number of hydrogen-bond acceptors (Lipinski definition) is 5. The summed E-state index contributed by atoms with van der Waals surface area (Å²) in [5, 5.41) is 9.30. The van der Waals surface area contributed by atoms with E-state index in [9.17, 15) is 5.11 Å². The Morgan fingerprint density at radius 3 is 1.68 bits per heavy atom. The summed E-state index contributed by atoms with van der Waals surface area (Å²) in [5.41, 5.74) is 5.18. The van der Waals surface area contributed by atoms with Crippen molar-refractivity contribution in [3.05, 3.63) is 58.7 Å². The van der Waals surface area contributed by atoms with Crippen LogP contribution < -0.4 is 9.47 Å². The molecule has 0 fully saturated rings. The molecule has 0 spiro atoms. The molecule has 37 heavy (non-hydrogen) atoms. The summed E-state index contributed by atoms with van der Waals surface area (Å²) in [5.74, 6) is 1.85. The first-order valence-electron chi connectivity index (χ1n) is 13.9. The predicted molar refractivity (Wildman–Crippen MR) is 150 cm³/mol. The normalized spacial score (nSPS) is 16.8. The minimum Gasteiger partial charge on any atom is -0.491 e. The Kier molecular flexibility index (Phi) is 10.9. The topological polar surface area (TPSA) is 57.2 Å². The van der Waals surface area contributed by atoms with Crippen LogP contribution >= 0.6 is 0 Å². The minimum atomic E-state index is 0.0683. The molecular formula is C32H48O5. The first kappa shape index (κ1) is 29.5. The highest BCUT2D eigenvalue weighted by molar-refractivity contribution is 5.41. The molecule has 5 nitrogen and oxygen atoms in total. The van der Waals surface area contributed by atoms with Gasteiger partial charge in [0.25, 0.3) is 0 Å². The van der Waals surface area contributed by atoms with Crippen LogP contribution in [0, 0.1) is 0 Å². The second kappa shape index (κ2) is 13.6. The second-order valence-corrected chi connectivity index (χ2v) is 12.1. The Morgan fingerprint density at radius 1 is 0.757 bits per heavy atom. The molecular weight excluding hydrogens is 464 g/mol. The lowest BCUT2D eigenvalue weighted by molar-refractivity contribution is 0.0334. The first-order chi connectivity index (χ1) is 17.6. The molecule has 2 aromatic carbocycles. The zero-order valence-corrected chi connectivity index (χ0v) is 23.9. The van der Waals surface area contributed by atoms with Gasteiger partial charge in [-0.15, -0.1) is 0 Å². The van der Waals surface area contributed by atoms with Crippen molar-refractivity contribution < 1.29 is 24.1 Å². The van der Waals surface area contributed by atoms with Gasteiger partial charge in [0.05, 0.1) is 19.3 Å². The number of ether oxygens (including phenoxy) is 4. The lowest BCUT2D eigenvalue weighted by Crippen LogP contribution is -2.19. The van der Waals surface area contributed by atoms with Crippen LogP contribution in [0.5, 0.6) is 11.5 Å². The zero-order chi connectivity index (χ0) is 26.9. The number of fused-ring (bicyclic) bond motifs is 2. The summed E-state index contributed by atoms with van der Waals surface area (Å²) in [6.45, 7) is 16.2. The fraction of sp³-hybridized carbons (Fsp3) is 0.625. The Balaban J connectivity index is 1.87. The Labute approximate surface area is 224 Å². The average Bonchev–Trinajstić information content (AvgIpc) is 2.83. The first-order valence-corrected chi connectivity index (χ1v) is 13.9. The van der Waals surface area contributed by atoms with Gasteiger partial charge < -0.3 is 24.1 Å². The summed E-state index contributed by atoms with van der Waals surface area (Å²) in [7, 11) is 0. The van der Waals surface area contributed by atoms with Gasteiger partial charge in [-0.1, -0.05) is 65.8 Å². The van der Waals surface area contributed by atoms with E-state index >= 15 is 0 Å². The average molecular weight is 513 g/mol. The van der Waals surface area contributed by atoms with Gasteiger partial charge in [0, 0.05) is 13.2 Å². The molecule has 1 heterocycles. The van der Waals surface area contributed by atoms with Gasteiger partial charge >= 0.3 is 0 Å². The molecule has 0 amide bonds. The molecule has 0 bridgehead atoms. The molecule has 1 N–H and O–H groups in total. The molecule has 1 aliphatic rings. The van der Waals surface area contributed by atoms with Crippen molar-refractivity contribution in [2.75, 3.05) is 39.6 Å². The van der Waals surface area contributed by atoms with Crippen LogP contribution in [-0.2, 0) is 33.1 Å². The van der Waals surface area contributed by atoms with Crippen LogP contribution in [0.3, 0.4) is 0 Å². The molecule has 2 aromatic rings. The van der Waals surface area contributed by atoms with Crippen molar-refractivity contribution in [3.8, 4) is 11.5 Å². The highest BCUT2D eigenvalue weighted by atomic mass is 16.5. The Hall–Kier alpha value is -2.08. The fourth-order valence-corrected chi connectivity index (χ4v) is 4.55. The van der Waals surface area contributed by atoms with Crippen LogP contribution in [0.2, 0.25) is 0 Å². The van der Waals surface area contributed by atoms with Crippen molar-refractivity contribution >= 4 is 0 Å². The van der Waals surface area contributed by atoms with Crippen LogP contribution in [-0.4, -0.2) is 50.9 Å². The largest absolute Gasteiger partial charge is 0.491 e. The third-order valence-corrected chi connectivity index (χ3v) is 6.95. The van der Waals surface area contributed by atoms with Crippen LogP contribution in [0.4, 0.5) is 0 Å². The molecule has 0 unspecified atom stereocenters. The number of hydrogen-bond donors (Lipinski definition) is 1. The maximum atomic E-state index is 9.30. The zero-order valence-electron chi connectivity index (χ0n) is 23.9. The molecule has 3 rings (SSSR count). The van der Waals surface area contributed by atoms with Gasteiger partial charge in [-0.3, -0.25) is 0 Å². The number of benzene rings is 2. The van der Waals surface area contributed by atoms with Crippen LogP contribution in [0.25, 0.3) is 0 Å². The summed E-state index contributed by atoms with van der Waals surface area (Å²) >= 11 is 0. The highest BCUT2D eigenvalue weighted by Crippen LogP contribution is 2.32. The SMILES string of the molecule is CC(C)(C)c1ccc2c(c1)CCC(OCCCO)CCc1cc(C(C)(C)C)ccc1OCCOCCO2. The van der Waals surface area contributed by atoms with E-state index in [1.807, 2.05) is 0 Å². The summed E-state index contributed by atoms with van der Waals surface area (Å²) in [6, 6.07) is 13.1. The third kappa shape index (κ3) is 9.31. The summed E-state index contributed by atoms with van der Waals surface area (Å²) < 4.78 is 24.4. The van der Waals surface area contributed by atoms with E-state index in [4.69, 9.17) is 18.9 Å². The van der Waals surface area contributed by atoms with Gasteiger partial charge in [-0.2, -0.15) is 0 Å². The standard InChI is InChI=1S/C32H48O5/c1-31(2,3)26-10-14-29-24(22-26)8-12-28(35-17-7-16-33)13-9-25-23-27(32(4,5)6)11-15-30(25)37-21-19-34-18-20-36-29/h10-11,14-15,22-23,28,33H,7-9,12-13,16-21H2,1-6H3. The van der Waals surface area contributed by atoms with E-state index in [0.29, 0.717) is 39.5 Å². The van der Waals surface area contributed by atoms with Gasteiger partial charge in [0.2, 0.25) is 0 Å². The van der Waals surface area contributed by atoms with E-state index in [-0.39, 0.29) is 23.5 Å². The maximum Gasteiger partial charge on any atom is 0.122 e. The molecule has 0 saturated heterocycles. The van der Waals surface area contributed by atoms with E-state index in [0.717, 1.165) is 37.2 Å². The Morgan fingerprint density at radius 2 is 1.24 bits per heavy atom. The molecule has 0 atom stereocenters. The van der Waals surface area contributed by atoms with Crippen molar-refractivity contribution in [1.82, 2.24) is 0 Å². The quantitative estimate of drug-likeness (QED) is 0.480. The number of aliphatic hydroxyl groups excluding tert-OH is 1. The second-order valence-electron chi connectivity index (χ2n) is 12.1. The monoisotopic (exact) mass is 512 g/mol. The molecule has 0 aliphatic carbocycles. The number of aliphatic hydroxyl groups is 1. The van der Waals surface area contributed by atoms with E-state index < -0.39 is 0 Å².